The molecule has 5 nitrogen and oxygen atoms in total. The second-order valence-corrected chi connectivity index (χ2v) is 4.72. The Balaban J connectivity index is 2.68. The maximum atomic E-state index is 11.5. The van der Waals surface area contributed by atoms with Gasteiger partial charge in [-0.15, -0.1) is 22.0 Å². The number of hydrogen-bond acceptors (Lipinski definition) is 5. The van der Waals surface area contributed by atoms with Crippen molar-refractivity contribution in [3.63, 3.8) is 0 Å². The summed E-state index contributed by atoms with van der Waals surface area (Å²) in [5, 5.41) is 9.97. The minimum absolute atomic E-state index is 0.00428. The molecule has 0 saturated heterocycles. The molecule has 1 N–H and O–H groups in total. The third-order valence-electron chi connectivity index (χ3n) is 1.65. The lowest BCUT2D eigenvalue weighted by molar-refractivity contribution is 0.0900. The lowest BCUT2D eigenvalue weighted by atomic mass is 10.4. The second kappa shape index (κ2) is 4.00. The van der Waals surface area contributed by atoms with Gasteiger partial charge in [0.25, 0.3) is 0 Å². The van der Waals surface area contributed by atoms with Crippen LogP contribution in [0.15, 0.2) is 4.42 Å². The predicted molar refractivity (Wildman–Crippen MR) is 54.1 cm³/mol. The van der Waals surface area contributed by atoms with Gasteiger partial charge >= 0.3 is 11.8 Å². The Kier molecular flexibility index (Phi) is 3.15. The van der Waals surface area contributed by atoms with Crippen molar-refractivity contribution in [2.24, 2.45) is 0 Å². The molecule has 0 radical (unpaired) electrons. The van der Waals surface area contributed by atoms with E-state index >= 15 is 0 Å². The minimum Gasteiger partial charge on any atom is -0.417 e. The highest BCUT2D eigenvalue weighted by atomic mass is 32.2. The van der Waals surface area contributed by atoms with E-state index < -0.39 is 0 Å². The third kappa shape index (κ3) is 2.73. The largest absolute Gasteiger partial charge is 0.417 e. The topological polar surface area (TPSA) is 68.0 Å². The summed E-state index contributed by atoms with van der Waals surface area (Å²) in [6, 6.07) is 0. The van der Waals surface area contributed by atoms with Gasteiger partial charge in [-0.1, -0.05) is 0 Å². The molecule has 0 aliphatic carbocycles. The number of carbonyl (C=O) groups is 1. The second-order valence-electron chi connectivity index (χ2n) is 3.29. The van der Waals surface area contributed by atoms with E-state index in [1.807, 2.05) is 20.1 Å². The standard InChI is InChI=1S/C8H13N3O2S/c1-5-10-11-7(13-5)6(12)9-8(2,3)14-4/h1-4H3,(H,9,12). The van der Waals surface area contributed by atoms with Crippen LogP contribution in [0.1, 0.15) is 30.4 Å². The molecule has 1 aromatic heterocycles. The van der Waals surface area contributed by atoms with Gasteiger partial charge in [0.15, 0.2) is 0 Å². The predicted octanol–water partition coefficient (Wildman–Crippen LogP) is 1.21. The van der Waals surface area contributed by atoms with Crippen molar-refractivity contribution in [2.45, 2.75) is 25.6 Å². The molecule has 0 aliphatic rings. The van der Waals surface area contributed by atoms with Crippen LogP contribution in [0.3, 0.4) is 0 Å². The van der Waals surface area contributed by atoms with Gasteiger partial charge in [0.05, 0.1) is 4.87 Å². The maximum Gasteiger partial charge on any atom is 0.309 e. The highest BCUT2D eigenvalue weighted by Crippen LogP contribution is 2.17. The molecule has 0 saturated carbocycles. The first-order chi connectivity index (χ1) is 6.44. The molecule has 1 heterocycles. The molecule has 0 bridgehead atoms. The van der Waals surface area contributed by atoms with Gasteiger partial charge in [0, 0.05) is 6.92 Å². The van der Waals surface area contributed by atoms with E-state index in [1.54, 1.807) is 6.92 Å². The van der Waals surface area contributed by atoms with Crippen LogP contribution in [0.2, 0.25) is 0 Å². The molecule has 78 valence electrons. The van der Waals surface area contributed by atoms with Gasteiger partial charge in [0.2, 0.25) is 5.89 Å². The van der Waals surface area contributed by atoms with Crippen molar-refractivity contribution < 1.29 is 9.21 Å². The van der Waals surface area contributed by atoms with Crippen LogP contribution < -0.4 is 5.32 Å². The lowest BCUT2D eigenvalue weighted by Crippen LogP contribution is -2.40. The molecule has 1 amide bonds. The van der Waals surface area contributed by atoms with Crippen molar-refractivity contribution in [3.05, 3.63) is 11.8 Å². The number of hydrogen-bond donors (Lipinski definition) is 1. The summed E-state index contributed by atoms with van der Waals surface area (Å²) in [5.41, 5.74) is 0. The summed E-state index contributed by atoms with van der Waals surface area (Å²) in [5.74, 6) is 0.0479. The number of rotatable bonds is 3. The van der Waals surface area contributed by atoms with Gasteiger partial charge in [0.1, 0.15) is 0 Å². The molecular formula is C8H13N3O2S. The fourth-order valence-corrected chi connectivity index (χ4v) is 0.961. The summed E-state index contributed by atoms with van der Waals surface area (Å²) in [4.78, 5) is 11.2. The van der Waals surface area contributed by atoms with E-state index in [-0.39, 0.29) is 16.7 Å². The summed E-state index contributed by atoms with van der Waals surface area (Å²) in [6.45, 7) is 5.45. The molecule has 0 aliphatic heterocycles. The SMILES string of the molecule is CSC(C)(C)NC(=O)c1nnc(C)o1. The Morgan fingerprint density at radius 3 is 2.57 bits per heavy atom. The number of thioether (sulfide) groups is 1. The Morgan fingerprint density at radius 2 is 2.14 bits per heavy atom. The number of nitrogens with zero attached hydrogens (tertiary/aromatic N) is 2. The highest BCUT2D eigenvalue weighted by molar-refractivity contribution is 7.99. The molecule has 1 rings (SSSR count). The molecule has 14 heavy (non-hydrogen) atoms. The molecule has 0 spiro atoms. The number of nitrogens with one attached hydrogen (secondary N) is 1. The summed E-state index contributed by atoms with van der Waals surface area (Å²) in [6.07, 6.45) is 1.92. The van der Waals surface area contributed by atoms with Crippen molar-refractivity contribution in [1.29, 1.82) is 0 Å². The normalized spacial score (nSPS) is 11.4. The van der Waals surface area contributed by atoms with Crippen LogP contribution in [0.4, 0.5) is 0 Å². The first-order valence-corrected chi connectivity index (χ1v) is 5.35. The Bertz CT molecular complexity index is 335. The van der Waals surface area contributed by atoms with E-state index in [0.29, 0.717) is 5.89 Å². The quantitative estimate of drug-likeness (QED) is 0.767. The first-order valence-electron chi connectivity index (χ1n) is 4.12. The Hall–Kier alpha value is -1.04. The van der Waals surface area contributed by atoms with E-state index in [2.05, 4.69) is 15.5 Å². The average Bonchev–Trinajstić information content (AvgIpc) is 2.51. The molecule has 0 aromatic carbocycles. The summed E-state index contributed by atoms with van der Waals surface area (Å²) >= 11 is 1.54. The van der Waals surface area contributed by atoms with Crippen molar-refractivity contribution in [1.82, 2.24) is 15.5 Å². The number of carbonyl (C=O) groups excluding carboxylic acids is 1. The molecule has 1 aromatic rings. The van der Waals surface area contributed by atoms with E-state index in [4.69, 9.17) is 4.42 Å². The van der Waals surface area contributed by atoms with Crippen molar-refractivity contribution in [3.8, 4) is 0 Å². The van der Waals surface area contributed by atoms with Gasteiger partial charge in [-0.05, 0) is 20.1 Å². The Morgan fingerprint density at radius 1 is 1.50 bits per heavy atom. The zero-order chi connectivity index (χ0) is 10.8. The van der Waals surface area contributed by atoms with Crippen molar-refractivity contribution in [2.75, 3.05) is 6.26 Å². The maximum absolute atomic E-state index is 11.5. The third-order valence-corrected chi connectivity index (χ3v) is 2.77. The van der Waals surface area contributed by atoms with Gasteiger partial charge < -0.3 is 9.73 Å². The molecule has 0 fully saturated rings. The van der Waals surface area contributed by atoms with Crippen LogP contribution in [0.25, 0.3) is 0 Å². The van der Waals surface area contributed by atoms with Crippen molar-refractivity contribution >= 4 is 17.7 Å². The minimum atomic E-state index is -0.343. The van der Waals surface area contributed by atoms with Gasteiger partial charge in [-0.25, -0.2) is 0 Å². The first kappa shape index (κ1) is 11.0. The lowest BCUT2D eigenvalue weighted by Gasteiger charge is -2.22. The number of aryl methyl sites for hydroxylation is 1. The number of aromatic nitrogens is 2. The number of amides is 1. The molecule has 0 unspecified atom stereocenters. The van der Waals surface area contributed by atoms with Crippen LogP contribution in [0.5, 0.6) is 0 Å². The van der Waals surface area contributed by atoms with E-state index in [9.17, 15) is 4.79 Å². The van der Waals surface area contributed by atoms with Gasteiger partial charge in [-0.3, -0.25) is 4.79 Å². The van der Waals surface area contributed by atoms with Crippen LogP contribution in [0, 0.1) is 6.92 Å². The van der Waals surface area contributed by atoms with Crippen LogP contribution in [-0.4, -0.2) is 27.2 Å². The monoisotopic (exact) mass is 215 g/mol. The molecular weight excluding hydrogens is 202 g/mol. The highest BCUT2D eigenvalue weighted by Gasteiger charge is 2.22. The Labute approximate surface area is 86.7 Å². The zero-order valence-corrected chi connectivity index (χ0v) is 9.44. The fraction of sp³-hybridized carbons (Fsp3) is 0.625. The zero-order valence-electron chi connectivity index (χ0n) is 8.62. The summed E-state index contributed by atoms with van der Waals surface area (Å²) in [7, 11) is 0. The average molecular weight is 215 g/mol. The van der Waals surface area contributed by atoms with E-state index in [0.717, 1.165) is 0 Å². The van der Waals surface area contributed by atoms with Gasteiger partial charge in [-0.2, -0.15) is 0 Å². The van der Waals surface area contributed by atoms with Crippen LogP contribution in [-0.2, 0) is 0 Å². The molecule has 6 heteroatoms. The smallest absolute Gasteiger partial charge is 0.309 e. The fourth-order valence-electron chi connectivity index (χ4n) is 0.766. The van der Waals surface area contributed by atoms with E-state index in [1.165, 1.54) is 11.8 Å². The molecule has 0 atom stereocenters. The van der Waals surface area contributed by atoms with Crippen LogP contribution >= 0.6 is 11.8 Å². The summed E-state index contributed by atoms with van der Waals surface area (Å²) < 4.78 is 4.99.